The highest BCUT2D eigenvalue weighted by atomic mass is 19.1. The van der Waals surface area contributed by atoms with Crippen LogP contribution in [-0.2, 0) is 0 Å². The summed E-state index contributed by atoms with van der Waals surface area (Å²) in [5.41, 5.74) is 2.27. The lowest BCUT2D eigenvalue weighted by atomic mass is 9.99. The predicted molar refractivity (Wildman–Crippen MR) is 112 cm³/mol. The average Bonchev–Trinajstić information content (AvgIpc) is 3.24. The maximum absolute atomic E-state index is 13.8. The van der Waals surface area contributed by atoms with Crippen molar-refractivity contribution in [3.8, 4) is 11.1 Å². The third-order valence-electron chi connectivity index (χ3n) is 4.91. The molecule has 5 rings (SSSR count). The molecule has 2 N–H and O–H groups in total. The monoisotopic (exact) mass is 401 g/mol. The highest BCUT2D eigenvalue weighted by molar-refractivity contribution is 5.84. The second kappa shape index (κ2) is 7.07. The van der Waals surface area contributed by atoms with E-state index in [1.54, 1.807) is 0 Å². The van der Waals surface area contributed by atoms with E-state index in [0.29, 0.717) is 39.5 Å². The molecule has 1 atom stereocenters. The van der Waals surface area contributed by atoms with Gasteiger partial charge in [-0.05, 0) is 30.7 Å². The van der Waals surface area contributed by atoms with Gasteiger partial charge in [-0.3, -0.25) is 4.79 Å². The van der Waals surface area contributed by atoms with Crippen molar-refractivity contribution in [2.45, 2.75) is 13.0 Å². The van der Waals surface area contributed by atoms with Crippen molar-refractivity contribution in [1.82, 2.24) is 19.9 Å². The van der Waals surface area contributed by atoms with Crippen molar-refractivity contribution in [2.24, 2.45) is 0 Å². The van der Waals surface area contributed by atoms with Crippen molar-refractivity contribution in [1.29, 1.82) is 0 Å². The quantitative estimate of drug-likeness (QED) is 0.462. The van der Waals surface area contributed by atoms with E-state index in [1.807, 2.05) is 37.3 Å². The molecule has 8 heteroatoms. The SMILES string of the molecule is CC(Nc1ncnc2nc[nH]c12)c1oc2ccc(F)cc2c(=O)c1-c1ccccc1. The van der Waals surface area contributed by atoms with Gasteiger partial charge in [-0.25, -0.2) is 19.3 Å². The van der Waals surface area contributed by atoms with Gasteiger partial charge in [0, 0.05) is 0 Å². The van der Waals surface area contributed by atoms with E-state index < -0.39 is 11.9 Å². The Balaban J connectivity index is 1.70. The lowest BCUT2D eigenvalue weighted by molar-refractivity contribution is 0.514. The molecule has 3 heterocycles. The van der Waals surface area contributed by atoms with Crippen LogP contribution in [0.4, 0.5) is 10.2 Å². The van der Waals surface area contributed by atoms with Gasteiger partial charge in [0.05, 0.1) is 23.3 Å². The Bertz CT molecular complexity index is 1430. The average molecular weight is 401 g/mol. The number of hydrogen-bond acceptors (Lipinski definition) is 6. The molecule has 0 fully saturated rings. The highest BCUT2D eigenvalue weighted by Crippen LogP contribution is 2.31. The van der Waals surface area contributed by atoms with Crippen LogP contribution in [0.1, 0.15) is 18.7 Å². The summed E-state index contributed by atoms with van der Waals surface area (Å²) in [5.74, 6) is 0.470. The minimum absolute atomic E-state index is 0.197. The number of aromatic amines is 1. The van der Waals surface area contributed by atoms with Crippen LogP contribution in [0.2, 0.25) is 0 Å². The molecule has 0 amide bonds. The van der Waals surface area contributed by atoms with E-state index >= 15 is 0 Å². The van der Waals surface area contributed by atoms with Crippen molar-refractivity contribution >= 4 is 28.0 Å². The van der Waals surface area contributed by atoms with Crippen molar-refractivity contribution < 1.29 is 8.81 Å². The first-order valence-corrected chi connectivity index (χ1v) is 9.34. The molecule has 148 valence electrons. The van der Waals surface area contributed by atoms with Crippen LogP contribution in [0.25, 0.3) is 33.3 Å². The number of rotatable bonds is 4. The summed E-state index contributed by atoms with van der Waals surface area (Å²) in [7, 11) is 0. The van der Waals surface area contributed by atoms with Crippen molar-refractivity contribution in [3.05, 3.63) is 83.0 Å². The Morgan fingerprint density at radius 3 is 2.77 bits per heavy atom. The van der Waals surface area contributed by atoms with Crippen LogP contribution in [-0.4, -0.2) is 19.9 Å². The fourth-order valence-electron chi connectivity index (χ4n) is 3.51. The summed E-state index contributed by atoms with van der Waals surface area (Å²) < 4.78 is 19.9. The highest BCUT2D eigenvalue weighted by Gasteiger charge is 2.22. The van der Waals surface area contributed by atoms with E-state index in [9.17, 15) is 9.18 Å². The summed E-state index contributed by atoms with van der Waals surface area (Å²) in [6.07, 6.45) is 2.95. The number of benzene rings is 2. The molecule has 3 aromatic heterocycles. The third kappa shape index (κ3) is 2.98. The lowest BCUT2D eigenvalue weighted by Crippen LogP contribution is -2.16. The minimum atomic E-state index is -0.490. The molecule has 2 aromatic carbocycles. The summed E-state index contributed by atoms with van der Waals surface area (Å²) >= 11 is 0. The standard InChI is InChI=1S/C22H16FN5O2/c1-12(28-22-18-21(25-10-24-18)26-11-27-22)20-17(13-5-3-2-4-6-13)19(29)15-9-14(23)7-8-16(15)30-20/h2-12H,1H3,(H2,24,25,26,27,28). The Morgan fingerprint density at radius 1 is 1.10 bits per heavy atom. The number of nitrogens with one attached hydrogen (secondary N) is 2. The van der Waals surface area contributed by atoms with Gasteiger partial charge in [0.1, 0.15) is 29.0 Å². The first-order chi connectivity index (χ1) is 14.6. The number of anilines is 1. The summed E-state index contributed by atoms with van der Waals surface area (Å²) in [6, 6.07) is 12.7. The zero-order valence-electron chi connectivity index (χ0n) is 15.9. The number of imidazole rings is 1. The molecule has 7 nitrogen and oxygen atoms in total. The van der Waals surface area contributed by atoms with Gasteiger partial charge >= 0.3 is 0 Å². The first kappa shape index (κ1) is 18.0. The van der Waals surface area contributed by atoms with E-state index in [4.69, 9.17) is 4.42 Å². The molecule has 0 saturated carbocycles. The third-order valence-corrected chi connectivity index (χ3v) is 4.91. The van der Waals surface area contributed by atoms with Gasteiger partial charge in [-0.15, -0.1) is 0 Å². The molecular weight excluding hydrogens is 385 g/mol. The van der Waals surface area contributed by atoms with Crippen LogP contribution >= 0.6 is 0 Å². The van der Waals surface area contributed by atoms with E-state index in [-0.39, 0.29) is 10.8 Å². The molecule has 0 aliphatic heterocycles. The second-order valence-corrected chi connectivity index (χ2v) is 6.87. The summed E-state index contributed by atoms with van der Waals surface area (Å²) in [5, 5.41) is 3.47. The molecule has 0 saturated heterocycles. The first-order valence-electron chi connectivity index (χ1n) is 9.34. The summed E-state index contributed by atoms with van der Waals surface area (Å²) in [6.45, 7) is 1.87. The number of H-pyrrole nitrogens is 1. The van der Waals surface area contributed by atoms with Crippen LogP contribution < -0.4 is 10.7 Å². The Kier molecular flexibility index (Phi) is 4.24. The lowest BCUT2D eigenvalue weighted by Gasteiger charge is -2.18. The fourth-order valence-corrected chi connectivity index (χ4v) is 3.51. The largest absolute Gasteiger partial charge is 0.458 e. The molecule has 0 spiro atoms. The number of fused-ring (bicyclic) bond motifs is 2. The number of hydrogen-bond donors (Lipinski definition) is 2. The normalized spacial score (nSPS) is 12.3. The molecule has 0 aliphatic rings. The van der Waals surface area contributed by atoms with Crippen LogP contribution in [0, 0.1) is 5.82 Å². The molecule has 1 unspecified atom stereocenters. The van der Waals surface area contributed by atoms with Gasteiger partial charge < -0.3 is 14.7 Å². The minimum Gasteiger partial charge on any atom is -0.458 e. The van der Waals surface area contributed by atoms with Gasteiger partial charge in [0.25, 0.3) is 0 Å². The number of halogens is 1. The zero-order chi connectivity index (χ0) is 20.7. The number of aromatic nitrogens is 4. The zero-order valence-corrected chi connectivity index (χ0v) is 15.9. The second-order valence-electron chi connectivity index (χ2n) is 6.87. The van der Waals surface area contributed by atoms with Gasteiger partial charge in [0.15, 0.2) is 11.5 Å². The van der Waals surface area contributed by atoms with E-state index in [0.717, 1.165) is 0 Å². The van der Waals surface area contributed by atoms with Crippen molar-refractivity contribution in [3.63, 3.8) is 0 Å². The molecule has 0 radical (unpaired) electrons. The summed E-state index contributed by atoms with van der Waals surface area (Å²) in [4.78, 5) is 28.9. The smallest absolute Gasteiger partial charge is 0.200 e. The van der Waals surface area contributed by atoms with Crippen LogP contribution in [0.15, 0.2) is 70.4 Å². The van der Waals surface area contributed by atoms with E-state index in [1.165, 1.54) is 30.9 Å². The van der Waals surface area contributed by atoms with Crippen LogP contribution in [0.5, 0.6) is 0 Å². The Labute approximate surface area is 169 Å². The molecule has 0 aliphatic carbocycles. The Hall–Kier alpha value is -4.07. The molecular formula is C22H16FN5O2. The van der Waals surface area contributed by atoms with Gasteiger partial charge in [-0.2, -0.15) is 0 Å². The van der Waals surface area contributed by atoms with Crippen molar-refractivity contribution in [2.75, 3.05) is 5.32 Å². The van der Waals surface area contributed by atoms with E-state index in [2.05, 4.69) is 25.3 Å². The number of nitrogens with zero attached hydrogens (tertiary/aromatic N) is 3. The molecule has 30 heavy (non-hydrogen) atoms. The Morgan fingerprint density at radius 2 is 1.93 bits per heavy atom. The maximum Gasteiger partial charge on any atom is 0.200 e. The van der Waals surface area contributed by atoms with Gasteiger partial charge in [0.2, 0.25) is 5.43 Å². The topological polar surface area (TPSA) is 96.7 Å². The van der Waals surface area contributed by atoms with Gasteiger partial charge in [-0.1, -0.05) is 30.3 Å². The van der Waals surface area contributed by atoms with Crippen LogP contribution in [0.3, 0.4) is 0 Å². The maximum atomic E-state index is 13.8. The molecule has 5 aromatic rings. The predicted octanol–water partition coefficient (Wildman–Crippen LogP) is 4.44. The molecule has 0 bridgehead atoms. The fraction of sp³-hybridized carbons (Fsp3) is 0.0909.